The lowest BCUT2D eigenvalue weighted by atomic mass is 10.2. The lowest BCUT2D eigenvalue weighted by Crippen LogP contribution is -1.81. The van der Waals surface area contributed by atoms with Gasteiger partial charge < -0.3 is 4.98 Å². The van der Waals surface area contributed by atoms with Crippen LogP contribution in [-0.4, -0.2) is 15.0 Å². The van der Waals surface area contributed by atoms with Crippen molar-refractivity contribution >= 4 is 22.9 Å². The van der Waals surface area contributed by atoms with Crippen molar-refractivity contribution in [2.75, 3.05) is 0 Å². The van der Waals surface area contributed by atoms with Crippen molar-refractivity contribution in [1.29, 1.82) is 0 Å². The molecule has 0 unspecified atom stereocenters. The van der Waals surface area contributed by atoms with E-state index in [1.54, 1.807) is 6.20 Å². The number of hydrogen-bond acceptors (Lipinski definition) is 3. The zero-order valence-corrected chi connectivity index (χ0v) is 11.2. The molecule has 3 nitrogen and oxygen atoms in total. The van der Waals surface area contributed by atoms with Crippen molar-refractivity contribution < 1.29 is 0 Å². The molecule has 0 aromatic carbocycles. The van der Waals surface area contributed by atoms with Gasteiger partial charge in [-0.15, -0.1) is 11.3 Å². The number of imidazole rings is 1. The van der Waals surface area contributed by atoms with Gasteiger partial charge in [0, 0.05) is 28.9 Å². The number of nitrogens with zero attached hydrogens (tertiary/aromatic N) is 2. The maximum atomic E-state index is 5.94. The van der Waals surface area contributed by atoms with Crippen LogP contribution in [0.5, 0.6) is 0 Å². The van der Waals surface area contributed by atoms with Crippen LogP contribution < -0.4 is 0 Å². The van der Waals surface area contributed by atoms with Crippen LogP contribution in [0.2, 0.25) is 4.34 Å². The van der Waals surface area contributed by atoms with Gasteiger partial charge in [-0.05, 0) is 25.1 Å². The van der Waals surface area contributed by atoms with E-state index in [2.05, 4.69) is 15.0 Å². The molecule has 0 amide bonds. The van der Waals surface area contributed by atoms with Crippen molar-refractivity contribution in [3.63, 3.8) is 0 Å². The third-order valence-electron chi connectivity index (χ3n) is 2.68. The van der Waals surface area contributed by atoms with E-state index in [-0.39, 0.29) is 0 Å². The van der Waals surface area contributed by atoms with Crippen LogP contribution in [0.4, 0.5) is 0 Å². The normalized spacial score (nSPS) is 10.8. The van der Waals surface area contributed by atoms with Crippen LogP contribution in [0.1, 0.15) is 5.69 Å². The highest BCUT2D eigenvalue weighted by Gasteiger charge is 2.11. The van der Waals surface area contributed by atoms with Crippen LogP contribution in [0.15, 0.2) is 36.0 Å². The maximum Gasteiger partial charge on any atom is 0.138 e. The third kappa shape index (κ3) is 2.05. The van der Waals surface area contributed by atoms with Gasteiger partial charge in [-0.1, -0.05) is 11.6 Å². The standard InChI is InChI=1S/C13H10ClN3S/c1-8-12(9-3-2-4-15-6-9)17-13(16-8)10-5-11(14)18-7-10/h2-7H,1H3,(H,16,17). The lowest BCUT2D eigenvalue weighted by Gasteiger charge is -1.96. The minimum atomic E-state index is 0.766. The molecule has 18 heavy (non-hydrogen) atoms. The Bertz CT molecular complexity index is 673. The Kier molecular flexibility index (Phi) is 2.89. The summed E-state index contributed by atoms with van der Waals surface area (Å²) < 4.78 is 0.766. The fourth-order valence-electron chi connectivity index (χ4n) is 1.82. The van der Waals surface area contributed by atoms with Crippen LogP contribution in [0, 0.1) is 6.92 Å². The van der Waals surface area contributed by atoms with Gasteiger partial charge in [0.2, 0.25) is 0 Å². The highest BCUT2D eigenvalue weighted by molar-refractivity contribution is 7.14. The first-order valence-electron chi connectivity index (χ1n) is 5.45. The first-order chi connectivity index (χ1) is 8.74. The molecule has 0 atom stereocenters. The van der Waals surface area contributed by atoms with Gasteiger partial charge in [0.25, 0.3) is 0 Å². The quantitative estimate of drug-likeness (QED) is 0.763. The van der Waals surface area contributed by atoms with E-state index < -0.39 is 0 Å². The Morgan fingerprint density at radius 1 is 1.33 bits per heavy atom. The van der Waals surface area contributed by atoms with Crippen LogP contribution in [0.25, 0.3) is 22.6 Å². The van der Waals surface area contributed by atoms with Crippen LogP contribution in [0.3, 0.4) is 0 Å². The average molecular weight is 276 g/mol. The smallest absolute Gasteiger partial charge is 0.138 e. The highest BCUT2D eigenvalue weighted by atomic mass is 35.5. The number of hydrogen-bond donors (Lipinski definition) is 1. The molecule has 0 bridgehead atoms. The van der Waals surface area contributed by atoms with Gasteiger partial charge in [0.15, 0.2) is 0 Å². The minimum absolute atomic E-state index is 0.766. The summed E-state index contributed by atoms with van der Waals surface area (Å²) in [6.07, 6.45) is 3.58. The van der Waals surface area contributed by atoms with Gasteiger partial charge in [-0.2, -0.15) is 0 Å². The number of aryl methyl sites for hydroxylation is 1. The number of H-pyrrole nitrogens is 1. The fraction of sp³-hybridized carbons (Fsp3) is 0.0769. The molecule has 0 aliphatic rings. The molecule has 0 aliphatic heterocycles. The average Bonchev–Trinajstić information content (AvgIpc) is 2.97. The zero-order valence-electron chi connectivity index (χ0n) is 9.64. The van der Waals surface area contributed by atoms with Gasteiger partial charge in [0.1, 0.15) is 5.82 Å². The number of nitrogens with one attached hydrogen (secondary N) is 1. The minimum Gasteiger partial charge on any atom is -0.338 e. The predicted molar refractivity (Wildman–Crippen MR) is 74.9 cm³/mol. The fourth-order valence-corrected chi connectivity index (χ4v) is 2.69. The molecule has 3 aromatic rings. The maximum absolute atomic E-state index is 5.94. The Morgan fingerprint density at radius 2 is 2.22 bits per heavy atom. The summed E-state index contributed by atoms with van der Waals surface area (Å²) in [5, 5.41) is 1.99. The summed E-state index contributed by atoms with van der Waals surface area (Å²) in [7, 11) is 0. The number of rotatable bonds is 2. The Hall–Kier alpha value is -1.65. The van der Waals surface area contributed by atoms with E-state index in [1.807, 2.05) is 36.7 Å². The summed E-state index contributed by atoms with van der Waals surface area (Å²) in [5.41, 5.74) is 4.01. The SMILES string of the molecule is Cc1nc(-c2csc(Cl)c2)[nH]c1-c1cccnc1. The zero-order chi connectivity index (χ0) is 12.5. The van der Waals surface area contributed by atoms with E-state index >= 15 is 0 Å². The summed E-state index contributed by atoms with van der Waals surface area (Å²) in [6, 6.07) is 5.84. The van der Waals surface area contributed by atoms with Crippen molar-refractivity contribution in [2.24, 2.45) is 0 Å². The topological polar surface area (TPSA) is 41.6 Å². The molecule has 0 radical (unpaired) electrons. The Labute approximate surface area is 114 Å². The molecule has 90 valence electrons. The van der Waals surface area contributed by atoms with Gasteiger partial charge >= 0.3 is 0 Å². The van der Waals surface area contributed by atoms with Crippen molar-refractivity contribution in [1.82, 2.24) is 15.0 Å². The van der Waals surface area contributed by atoms with E-state index in [0.717, 1.165) is 32.7 Å². The molecule has 0 saturated heterocycles. The molecule has 0 saturated carbocycles. The second-order valence-electron chi connectivity index (χ2n) is 3.93. The molecule has 5 heteroatoms. The Balaban J connectivity index is 2.06. The molecule has 0 fully saturated rings. The second-order valence-corrected chi connectivity index (χ2v) is 5.47. The molecule has 3 rings (SSSR count). The second kappa shape index (κ2) is 4.55. The summed E-state index contributed by atoms with van der Waals surface area (Å²) in [4.78, 5) is 12.0. The Morgan fingerprint density at radius 3 is 2.89 bits per heavy atom. The van der Waals surface area contributed by atoms with Gasteiger partial charge in [0.05, 0.1) is 15.7 Å². The highest BCUT2D eigenvalue weighted by Crippen LogP contribution is 2.29. The molecular formula is C13H10ClN3S. The first-order valence-corrected chi connectivity index (χ1v) is 6.71. The molecule has 0 aliphatic carbocycles. The molecule has 3 aromatic heterocycles. The van der Waals surface area contributed by atoms with Crippen molar-refractivity contribution in [3.05, 3.63) is 46.0 Å². The van der Waals surface area contributed by atoms with E-state index in [4.69, 9.17) is 11.6 Å². The first kappa shape index (κ1) is 11.4. The summed E-state index contributed by atoms with van der Waals surface area (Å²) in [5.74, 6) is 0.842. The van der Waals surface area contributed by atoms with Crippen molar-refractivity contribution in [3.8, 4) is 22.6 Å². The summed E-state index contributed by atoms with van der Waals surface area (Å²) >= 11 is 7.44. The largest absolute Gasteiger partial charge is 0.338 e. The monoisotopic (exact) mass is 275 g/mol. The van der Waals surface area contributed by atoms with Gasteiger partial charge in [-0.25, -0.2) is 4.98 Å². The van der Waals surface area contributed by atoms with Crippen LogP contribution in [-0.2, 0) is 0 Å². The molecular weight excluding hydrogens is 266 g/mol. The van der Waals surface area contributed by atoms with Crippen molar-refractivity contribution in [2.45, 2.75) is 6.92 Å². The number of pyridine rings is 1. The van der Waals surface area contributed by atoms with Gasteiger partial charge in [-0.3, -0.25) is 4.98 Å². The van der Waals surface area contributed by atoms with E-state index in [0.29, 0.717) is 0 Å². The van der Waals surface area contributed by atoms with Crippen LogP contribution >= 0.6 is 22.9 Å². The summed E-state index contributed by atoms with van der Waals surface area (Å²) in [6.45, 7) is 1.98. The third-order valence-corrected chi connectivity index (χ3v) is 3.77. The number of halogens is 1. The molecule has 0 spiro atoms. The van der Waals surface area contributed by atoms with E-state index in [9.17, 15) is 0 Å². The number of thiophene rings is 1. The molecule has 3 heterocycles. The molecule has 1 N–H and O–H groups in total. The lowest BCUT2D eigenvalue weighted by molar-refractivity contribution is 1.26. The number of aromatic amines is 1. The predicted octanol–water partition coefficient (Wildman–Crippen LogP) is 4.16. The number of aromatic nitrogens is 3. The van der Waals surface area contributed by atoms with E-state index in [1.165, 1.54) is 11.3 Å².